The fourth-order valence-electron chi connectivity index (χ4n) is 9.86. The molecule has 17 nitrogen and oxygen atoms in total. The molecule has 0 radical (unpaired) electrons. The minimum absolute atomic E-state index is 0.0373. The highest BCUT2D eigenvalue weighted by atomic mass is 31.2. The van der Waals surface area contributed by atoms with Crippen LogP contribution in [0.2, 0.25) is 0 Å². The maximum atomic E-state index is 13.1. The molecule has 0 aliphatic rings. The average molecular weight is 1440 g/mol. The van der Waals surface area contributed by atoms with Crippen molar-refractivity contribution in [1.29, 1.82) is 0 Å². The molecule has 0 spiro atoms. The minimum atomic E-state index is -4.99. The van der Waals surface area contributed by atoms with Gasteiger partial charge in [-0.3, -0.25) is 37.3 Å². The molecule has 0 rings (SSSR count). The topological polar surface area (TPSA) is 237 Å². The lowest BCUT2D eigenvalue weighted by Crippen LogP contribution is -2.30. The van der Waals surface area contributed by atoms with Crippen molar-refractivity contribution >= 4 is 39.5 Å². The molecule has 19 heteroatoms. The molecule has 0 bridgehead atoms. The van der Waals surface area contributed by atoms with Gasteiger partial charge in [0.25, 0.3) is 0 Å². The van der Waals surface area contributed by atoms with Gasteiger partial charge in [-0.25, -0.2) is 9.13 Å². The number of phosphoric acid groups is 2. The van der Waals surface area contributed by atoms with Gasteiger partial charge in [0.1, 0.15) is 19.3 Å². The summed E-state index contributed by atoms with van der Waals surface area (Å²) < 4.78 is 68.4. The highest BCUT2D eigenvalue weighted by Gasteiger charge is 2.30. The van der Waals surface area contributed by atoms with Gasteiger partial charge in [-0.1, -0.05) is 271 Å². The van der Waals surface area contributed by atoms with Gasteiger partial charge in [0.15, 0.2) is 12.2 Å². The lowest BCUT2D eigenvalue weighted by Gasteiger charge is -2.21. The Morgan fingerprint density at radius 1 is 0.290 bits per heavy atom. The summed E-state index contributed by atoms with van der Waals surface area (Å²) in [7, 11) is -9.97. The molecule has 0 aromatic heterocycles. The van der Waals surface area contributed by atoms with Crippen LogP contribution in [0.15, 0.2) is 134 Å². The second kappa shape index (κ2) is 72.5. The largest absolute Gasteiger partial charge is 0.472 e. The second-order valence-corrected chi connectivity index (χ2v) is 28.1. The van der Waals surface area contributed by atoms with Crippen molar-refractivity contribution in [2.45, 2.75) is 316 Å². The Morgan fingerprint density at radius 2 is 0.520 bits per heavy atom. The number of unbranched alkanes of at least 4 members (excludes halogenated alkanes) is 23. The molecule has 0 saturated carbocycles. The Labute approximate surface area is 605 Å². The number of rotatable bonds is 71. The van der Waals surface area contributed by atoms with Crippen LogP contribution in [0.5, 0.6) is 0 Å². The summed E-state index contributed by atoms with van der Waals surface area (Å²) in [5.74, 6) is -2.26. The zero-order valence-electron chi connectivity index (χ0n) is 62.3. The van der Waals surface area contributed by atoms with Gasteiger partial charge in [-0.15, -0.1) is 0 Å². The first-order valence-electron chi connectivity index (χ1n) is 38.4. The molecule has 0 saturated heterocycles. The molecule has 100 heavy (non-hydrogen) atoms. The maximum Gasteiger partial charge on any atom is 0.472 e. The molecule has 5 unspecified atom stereocenters. The van der Waals surface area contributed by atoms with Crippen molar-refractivity contribution in [3.05, 3.63) is 134 Å². The number of phosphoric ester groups is 2. The third kappa shape index (κ3) is 71.6. The molecule has 3 N–H and O–H groups in total. The standard InChI is InChI=1S/C81H136O17P2/c1-5-9-13-17-21-25-29-32-35-37-40-42-46-49-53-57-61-65-78(83)91-71-76(97-80(85)67-63-59-55-51-45-28-24-20-16-12-8-4)73-95-99(87,88)93-69-75(82)70-94-100(89,90)96-74-77(98-81(86)68-64-60-56-52-48-44-39-34-31-27-23-19-15-11-7-3)72-92-79(84)66-62-58-54-50-47-43-41-38-36-33-30-26-22-18-14-10-6-2/h9-11,13-15,21-23,25-27,32-36,39-40,42,48,52,75-77,82H,5-8,12,16-20,24,28-31,37-38,41,43-47,49-51,53-74H2,1-4H3,(H,87,88)(H,89,90)/b13-9-,14-10-,15-11-,25-21-,26-22-,27-23-,35-32-,36-33-,39-34-,42-40-,52-48-. The number of carbonyl (C=O) groups excluding carboxylic acids is 4. The quantitative estimate of drug-likeness (QED) is 0.0169. The molecular formula is C81H136O17P2. The van der Waals surface area contributed by atoms with Gasteiger partial charge < -0.3 is 33.8 Å². The van der Waals surface area contributed by atoms with Crippen molar-refractivity contribution < 1.29 is 80.2 Å². The van der Waals surface area contributed by atoms with E-state index in [0.29, 0.717) is 32.1 Å². The lowest BCUT2D eigenvalue weighted by molar-refractivity contribution is -0.161. The predicted molar refractivity (Wildman–Crippen MR) is 408 cm³/mol. The Morgan fingerprint density at radius 3 is 0.820 bits per heavy atom. The van der Waals surface area contributed by atoms with E-state index in [2.05, 4.69) is 161 Å². The molecule has 0 aliphatic carbocycles. The smallest absolute Gasteiger partial charge is 0.462 e. The number of hydrogen-bond acceptors (Lipinski definition) is 15. The van der Waals surface area contributed by atoms with E-state index < -0.39 is 97.5 Å². The van der Waals surface area contributed by atoms with Crippen molar-refractivity contribution in [2.75, 3.05) is 39.6 Å². The third-order valence-corrected chi connectivity index (χ3v) is 17.5. The van der Waals surface area contributed by atoms with E-state index in [1.165, 1.54) is 38.5 Å². The minimum Gasteiger partial charge on any atom is -0.462 e. The first kappa shape index (κ1) is 95.2. The van der Waals surface area contributed by atoms with E-state index in [-0.39, 0.29) is 25.7 Å². The summed E-state index contributed by atoms with van der Waals surface area (Å²) in [5.41, 5.74) is 0. The SMILES string of the molecule is CC/C=C\C/C=C\C/C=C\C/C=C\CCCCCCC(=O)OCC(COP(=O)(O)OCC(O)COP(=O)(O)OCC(COC(=O)CCCCCCCCC/C=C\C/C=C\C/C=C\CC)OC(=O)CCCC/C=C\C/C=C\C/C=C\C/C=C\CC)OC(=O)CCCCCCCCCCCCC. The molecule has 0 heterocycles. The molecule has 0 amide bonds. The van der Waals surface area contributed by atoms with Crippen molar-refractivity contribution in [1.82, 2.24) is 0 Å². The number of hydrogen-bond donors (Lipinski definition) is 3. The number of aliphatic hydroxyl groups excluding tert-OH is 1. The Kier molecular flexibility index (Phi) is 69.1. The Balaban J connectivity index is 5.38. The molecule has 0 aliphatic heterocycles. The molecule has 5 atom stereocenters. The summed E-state index contributed by atoms with van der Waals surface area (Å²) in [6.07, 6.45) is 80.2. The first-order valence-corrected chi connectivity index (χ1v) is 41.4. The normalized spacial score (nSPS) is 14.7. The zero-order chi connectivity index (χ0) is 73.2. The van der Waals surface area contributed by atoms with E-state index in [0.717, 1.165) is 173 Å². The van der Waals surface area contributed by atoms with Crippen LogP contribution in [0.3, 0.4) is 0 Å². The average Bonchev–Trinajstić information content (AvgIpc) is 0.989. The molecule has 572 valence electrons. The maximum absolute atomic E-state index is 13.1. The number of carbonyl (C=O) groups is 4. The van der Waals surface area contributed by atoms with Crippen LogP contribution in [0, 0.1) is 0 Å². The van der Waals surface area contributed by atoms with E-state index >= 15 is 0 Å². The van der Waals surface area contributed by atoms with Crippen LogP contribution >= 0.6 is 15.6 Å². The van der Waals surface area contributed by atoms with Gasteiger partial charge in [0, 0.05) is 25.7 Å². The van der Waals surface area contributed by atoms with E-state index in [1.54, 1.807) is 0 Å². The third-order valence-electron chi connectivity index (χ3n) is 15.6. The summed E-state index contributed by atoms with van der Waals surface area (Å²) in [5, 5.41) is 10.6. The van der Waals surface area contributed by atoms with E-state index in [9.17, 15) is 43.2 Å². The molecule has 0 fully saturated rings. The van der Waals surface area contributed by atoms with Gasteiger partial charge in [-0.05, 0) is 135 Å². The summed E-state index contributed by atoms with van der Waals surface area (Å²) >= 11 is 0. The van der Waals surface area contributed by atoms with Crippen LogP contribution in [0.4, 0.5) is 0 Å². The van der Waals surface area contributed by atoms with Crippen LogP contribution in [-0.4, -0.2) is 96.7 Å². The molecular weight excluding hydrogens is 1310 g/mol. The fourth-order valence-corrected chi connectivity index (χ4v) is 11.4. The van der Waals surface area contributed by atoms with Crippen molar-refractivity contribution in [3.63, 3.8) is 0 Å². The Bertz CT molecular complexity index is 2420. The fraction of sp³-hybridized carbons (Fsp3) is 0.679. The predicted octanol–water partition coefficient (Wildman–Crippen LogP) is 22.1. The van der Waals surface area contributed by atoms with Gasteiger partial charge in [-0.2, -0.15) is 0 Å². The number of esters is 4. The second-order valence-electron chi connectivity index (χ2n) is 25.2. The first-order chi connectivity index (χ1) is 48.7. The number of allylic oxidation sites excluding steroid dienone is 22. The van der Waals surface area contributed by atoms with Crippen LogP contribution in [0.1, 0.15) is 297 Å². The molecule has 0 aromatic carbocycles. The lowest BCUT2D eigenvalue weighted by atomic mass is 10.1. The zero-order valence-corrected chi connectivity index (χ0v) is 64.1. The number of ether oxygens (including phenoxy) is 4. The monoisotopic (exact) mass is 1440 g/mol. The Hall–Kier alpha value is -4.80. The summed E-state index contributed by atoms with van der Waals surface area (Å²) in [6.45, 7) is 4.44. The van der Waals surface area contributed by atoms with Crippen molar-refractivity contribution in [2.24, 2.45) is 0 Å². The van der Waals surface area contributed by atoms with Crippen LogP contribution < -0.4 is 0 Å². The molecule has 0 aromatic rings. The highest BCUT2D eigenvalue weighted by molar-refractivity contribution is 7.47. The van der Waals surface area contributed by atoms with Crippen molar-refractivity contribution in [3.8, 4) is 0 Å². The summed E-state index contributed by atoms with van der Waals surface area (Å²) in [6, 6.07) is 0. The van der Waals surface area contributed by atoms with Crippen LogP contribution in [0.25, 0.3) is 0 Å². The summed E-state index contributed by atoms with van der Waals surface area (Å²) in [4.78, 5) is 72.9. The highest BCUT2D eigenvalue weighted by Crippen LogP contribution is 2.45. The van der Waals surface area contributed by atoms with Gasteiger partial charge in [0.05, 0.1) is 26.4 Å². The number of aliphatic hydroxyl groups is 1. The van der Waals surface area contributed by atoms with E-state index in [4.69, 9.17) is 37.0 Å². The van der Waals surface area contributed by atoms with Gasteiger partial charge >= 0.3 is 39.5 Å². The van der Waals surface area contributed by atoms with Gasteiger partial charge in [0.2, 0.25) is 0 Å². The van der Waals surface area contributed by atoms with Crippen LogP contribution in [-0.2, 0) is 65.4 Å². The van der Waals surface area contributed by atoms with E-state index in [1.807, 2.05) is 0 Å².